The van der Waals surface area contributed by atoms with Gasteiger partial charge in [-0.3, -0.25) is 0 Å². The van der Waals surface area contributed by atoms with Crippen LogP contribution in [-0.2, 0) is 0 Å². The first-order valence-electron chi connectivity index (χ1n) is 6.15. The summed E-state index contributed by atoms with van der Waals surface area (Å²) in [4.78, 5) is 0. The monoisotopic (exact) mass is 221 g/mol. The third-order valence-corrected chi connectivity index (χ3v) is 4.52. The first-order chi connectivity index (χ1) is 7.65. The number of hydrogen-bond donors (Lipinski definition) is 1. The van der Waals surface area contributed by atoms with E-state index < -0.39 is 0 Å². The van der Waals surface area contributed by atoms with Crippen LogP contribution in [0.25, 0.3) is 0 Å². The van der Waals surface area contributed by atoms with Crippen molar-refractivity contribution in [3.63, 3.8) is 0 Å². The minimum atomic E-state index is -0.0781. The Kier molecular flexibility index (Phi) is 3.02. The molecule has 2 unspecified atom stereocenters. The van der Waals surface area contributed by atoms with E-state index in [1.54, 1.807) is 12.1 Å². The zero-order valence-corrected chi connectivity index (χ0v) is 10.0. The highest BCUT2D eigenvalue weighted by Gasteiger charge is 2.51. The fourth-order valence-electron chi connectivity index (χ4n) is 3.28. The lowest BCUT2D eigenvalue weighted by molar-refractivity contribution is 0.0418. The second-order valence-electron chi connectivity index (χ2n) is 4.86. The molecule has 2 atom stereocenters. The summed E-state index contributed by atoms with van der Waals surface area (Å²) in [6.45, 7) is 4.33. The SMILES string of the molecule is CCC1(CC)C(N)CC1c1ccccc1F. The van der Waals surface area contributed by atoms with Crippen LogP contribution < -0.4 is 5.73 Å². The highest BCUT2D eigenvalue weighted by Crippen LogP contribution is 2.56. The molecule has 2 rings (SSSR count). The van der Waals surface area contributed by atoms with Gasteiger partial charge in [-0.1, -0.05) is 32.0 Å². The van der Waals surface area contributed by atoms with E-state index in [2.05, 4.69) is 13.8 Å². The van der Waals surface area contributed by atoms with Crippen molar-refractivity contribution in [1.82, 2.24) is 0 Å². The third kappa shape index (κ3) is 1.47. The first kappa shape index (κ1) is 11.6. The summed E-state index contributed by atoms with van der Waals surface area (Å²) in [6.07, 6.45) is 2.98. The Balaban J connectivity index is 2.33. The summed E-state index contributed by atoms with van der Waals surface area (Å²) >= 11 is 0. The molecule has 0 amide bonds. The molecule has 1 aliphatic rings. The van der Waals surface area contributed by atoms with E-state index in [0.29, 0.717) is 5.92 Å². The number of rotatable bonds is 3. The minimum absolute atomic E-state index is 0.0781. The average Bonchev–Trinajstić information content (AvgIpc) is 2.29. The predicted octanol–water partition coefficient (Wildman–Crippen LogP) is 3.45. The Bertz CT molecular complexity index is 371. The van der Waals surface area contributed by atoms with Gasteiger partial charge in [-0.15, -0.1) is 0 Å². The van der Waals surface area contributed by atoms with E-state index in [9.17, 15) is 4.39 Å². The molecule has 88 valence electrons. The van der Waals surface area contributed by atoms with E-state index in [1.165, 1.54) is 0 Å². The van der Waals surface area contributed by atoms with Gasteiger partial charge < -0.3 is 5.73 Å². The zero-order valence-electron chi connectivity index (χ0n) is 10.0. The molecule has 2 N–H and O–H groups in total. The number of nitrogens with two attached hydrogens (primary N) is 1. The van der Waals surface area contributed by atoms with E-state index in [4.69, 9.17) is 5.73 Å². The molecule has 0 saturated heterocycles. The van der Waals surface area contributed by atoms with Crippen molar-refractivity contribution < 1.29 is 4.39 Å². The highest BCUT2D eigenvalue weighted by atomic mass is 19.1. The van der Waals surface area contributed by atoms with E-state index in [-0.39, 0.29) is 17.3 Å². The summed E-state index contributed by atoms with van der Waals surface area (Å²) in [7, 11) is 0. The van der Waals surface area contributed by atoms with Crippen LogP contribution in [0.15, 0.2) is 24.3 Å². The van der Waals surface area contributed by atoms with Crippen LogP contribution in [0, 0.1) is 11.2 Å². The normalized spacial score (nSPS) is 27.5. The predicted molar refractivity (Wildman–Crippen MR) is 64.7 cm³/mol. The first-order valence-corrected chi connectivity index (χ1v) is 6.15. The van der Waals surface area contributed by atoms with Crippen molar-refractivity contribution in [3.05, 3.63) is 35.6 Å². The maximum absolute atomic E-state index is 13.8. The zero-order chi connectivity index (χ0) is 11.8. The van der Waals surface area contributed by atoms with Gasteiger partial charge in [0.25, 0.3) is 0 Å². The molecule has 1 saturated carbocycles. The maximum atomic E-state index is 13.8. The Morgan fingerprint density at radius 3 is 2.44 bits per heavy atom. The summed E-state index contributed by atoms with van der Waals surface area (Å²) in [5.41, 5.74) is 7.10. The molecule has 0 aromatic heterocycles. The molecule has 1 aliphatic carbocycles. The fourth-order valence-corrected chi connectivity index (χ4v) is 3.28. The second kappa shape index (κ2) is 4.17. The van der Waals surface area contributed by atoms with Gasteiger partial charge in [0.15, 0.2) is 0 Å². The van der Waals surface area contributed by atoms with Crippen molar-refractivity contribution in [2.24, 2.45) is 11.1 Å². The molecule has 1 aromatic rings. The van der Waals surface area contributed by atoms with Gasteiger partial charge in [-0.2, -0.15) is 0 Å². The van der Waals surface area contributed by atoms with Crippen LogP contribution >= 0.6 is 0 Å². The van der Waals surface area contributed by atoms with Gasteiger partial charge >= 0.3 is 0 Å². The largest absolute Gasteiger partial charge is 0.327 e. The van der Waals surface area contributed by atoms with Gasteiger partial charge in [0.2, 0.25) is 0 Å². The number of hydrogen-bond acceptors (Lipinski definition) is 1. The molecule has 2 heteroatoms. The van der Waals surface area contributed by atoms with Crippen LogP contribution in [0.2, 0.25) is 0 Å². The van der Waals surface area contributed by atoms with Crippen LogP contribution in [-0.4, -0.2) is 6.04 Å². The van der Waals surface area contributed by atoms with Gasteiger partial charge in [0.05, 0.1) is 0 Å². The Morgan fingerprint density at radius 1 is 1.31 bits per heavy atom. The summed E-state index contributed by atoms with van der Waals surface area (Å²) in [5.74, 6) is 0.226. The third-order valence-electron chi connectivity index (χ3n) is 4.52. The molecular formula is C14H20FN. The fraction of sp³-hybridized carbons (Fsp3) is 0.571. The molecule has 0 heterocycles. The lowest BCUT2D eigenvalue weighted by Crippen LogP contribution is -2.56. The topological polar surface area (TPSA) is 26.0 Å². The molecule has 0 bridgehead atoms. The lowest BCUT2D eigenvalue weighted by Gasteiger charge is -2.55. The quantitative estimate of drug-likeness (QED) is 0.831. The second-order valence-corrected chi connectivity index (χ2v) is 4.86. The summed E-state index contributed by atoms with van der Waals surface area (Å²) < 4.78 is 13.8. The van der Waals surface area contributed by atoms with Crippen molar-refractivity contribution >= 4 is 0 Å². The molecule has 0 aliphatic heterocycles. The minimum Gasteiger partial charge on any atom is -0.327 e. The maximum Gasteiger partial charge on any atom is 0.126 e. The van der Waals surface area contributed by atoms with Crippen molar-refractivity contribution in [1.29, 1.82) is 0 Å². The molecule has 1 aromatic carbocycles. The number of benzene rings is 1. The van der Waals surface area contributed by atoms with E-state index >= 15 is 0 Å². The van der Waals surface area contributed by atoms with Crippen molar-refractivity contribution in [2.45, 2.75) is 45.1 Å². The van der Waals surface area contributed by atoms with Crippen LogP contribution in [0.5, 0.6) is 0 Å². The standard InChI is InChI=1S/C14H20FN/c1-3-14(4-2)11(9-13(14)16)10-7-5-6-8-12(10)15/h5-8,11,13H,3-4,9,16H2,1-2H3. The lowest BCUT2D eigenvalue weighted by atomic mass is 9.52. The highest BCUT2D eigenvalue weighted by molar-refractivity contribution is 5.29. The Hall–Kier alpha value is -0.890. The van der Waals surface area contributed by atoms with Gasteiger partial charge in [0.1, 0.15) is 5.82 Å². The smallest absolute Gasteiger partial charge is 0.126 e. The Labute approximate surface area is 96.9 Å². The molecule has 0 radical (unpaired) electrons. The van der Waals surface area contributed by atoms with Gasteiger partial charge in [0, 0.05) is 6.04 Å². The van der Waals surface area contributed by atoms with Crippen molar-refractivity contribution in [2.75, 3.05) is 0 Å². The molecular weight excluding hydrogens is 201 g/mol. The summed E-state index contributed by atoms with van der Waals surface area (Å²) in [6, 6.07) is 7.35. The molecule has 16 heavy (non-hydrogen) atoms. The van der Waals surface area contributed by atoms with Gasteiger partial charge in [-0.05, 0) is 42.2 Å². The molecule has 0 spiro atoms. The van der Waals surface area contributed by atoms with Crippen LogP contribution in [0.4, 0.5) is 4.39 Å². The molecule has 1 fully saturated rings. The molecule has 1 nitrogen and oxygen atoms in total. The van der Waals surface area contributed by atoms with E-state index in [1.807, 2.05) is 12.1 Å². The van der Waals surface area contributed by atoms with Crippen LogP contribution in [0.3, 0.4) is 0 Å². The van der Waals surface area contributed by atoms with Crippen LogP contribution in [0.1, 0.15) is 44.6 Å². The number of halogens is 1. The van der Waals surface area contributed by atoms with Gasteiger partial charge in [-0.25, -0.2) is 4.39 Å². The average molecular weight is 221 g/mol. The van der Waals surface area contributed by atoms with E-state index in [0.717, 1.165) is 24.8 Å². The van der Waals surface area contributed by atoms with Crippen molar-refractivity contribution in [3.8, 4) is 0 Å². The Morgan fingerprint density at radius 2 is 1.94 bits per heavy atom. The summed E-state index contributed by atoms with van der Waals surface area (Å²) in [5, 5.41) is 0.